The quantitative estimate of drug-likeness (QED) is 0.0247. The van der Waals surface area contributed by atoms with Crippen LogP contribution in [0.15, 0.2) is 0 Å². The number of Topliss-reactive ketones (excluding diaryl/α,β-unsaturated/α-hetero) is 1. The van der Waals surface area contributed by atoms with Crippen LogP contribution in [0.25, 0.3) is 0 Å². The van der Waals surface area contributed by atoms with Crippen LogP contribution in [0.5, 0.6) is 0 Å². The maximum Gasteiger partial charge on any atom is 0.511 e. The fraction of sp³-hybridized carbons (Fsp3) is 0.908. The Labute approximate surface area is 468 Å². The molecule has 0 radical (unpaired) electrons. The van der Waals surface area contributed by atoms with Crippen molar-refractivity contribution in [3.8, 4) is 0 Å². The lowest BCUT2D eigenvalue weighted by molar-refractivity contribution is -0.173. The Kier molecular flexibility index (Phi) is 31.8. The maximum absolute atomic E-state index is 13.2. The number of hydrogen-bond donors (Lipinski definition) is 0. The third-order valence-electron chi connectivity index (χ3n) is 19.1. The van der Waals surface area contributed by atoms with Crippen molar-refractivity contribution < 1.29 is 57.2 Å². The lowest BCUT2D eigenvalue weighted by atomic mass is 9.44. The number of fused-ring (bicyclic) bond motifs is 5. The van der Waals surface area contributed by atoms with E-state index in [4.69, 9.17) is 28.4 Å². The molecule has 0 aromatic carbocycles. The van der Waals surface area contributed by atoms with Crippen molar-refractivity contribution in [1.29, 1.82) is 0 Å². The molecule has 0 bridgehead atoms. The van der Waals surface area contributed by atoms with Crippen molar-refractivity contribution in [3.63, 3.8) is 0 Å². The number of ketones is 1. The summed E-state index contributed by atoms with van der Waals surface area (Å²) in [5.41, 5.74) is 0.313. The molecule has 0 N–H and O–H groups in total. The van der Waals surface area contributed by atoms with Crippen molar-refractivity contribution >= 4 is 35.8 Å². The highest BCUT2D eigenvalue weighted by atomic mass is 16.8. The molecule has 0 heterocycles. The second-order valence-corrected chi connectivity index (χ2v) is 25.4. The van der Waals surface area contributed by atoms with Crippen LogP contribution in [0.2, 0.25) is 0 Å². The predicted octanol–water partition coefficient (Wildman–Crippen LogP) is 17.0. The van der Waals surface area contributed by atoms with E-state index in [-0.39, 0.29) is 73.7 Å². The second kappa shape index (κ2) is 37.0. The van der Waals surface area contributed by atoms with Gasteiger partial charge in [-0.05, 0) is 118 Å². The summed E-state index contributed by atoms with van der Waals surface area (Å²) in [6.07, 6.45) is 37.6. The molecule has 0 aliphatic heterocycles. The van der Waals surface area contributed by atoms with Gasteiger partial charge in [0.2, 0.25) is 6.29 Å². The summed E-state index contributed by atoms with van der Waals surface area (Å²) in [4.78, 5) is 77.3. The highest BCUT2D eigenvalue weighted by molar-refractivity contribution is 5.79. The summed E-state index contributed by atoms with van der Waals surface area (Å²) < 4.78 is 33.5. The average Bonchev–Trinajstić information content (AvgIpc) is 3.92. The molecule has 2 unspecified atom stereocenters. The van der Waals surface area contributed by atoms with Crippen molar-refractivity contribution in [3.05, 3.63) is 0 Å². The van der Waals surface area contributed by atoms with Gasteiger partial charge in [0, 0.05) is 38.5 Å². The third-order valence-corrected chi connectivity index (χ3v) is 19.1. The Balaban J connectivity index is 1.13. The molecule has 4 aliphatic rings. The van der Waals surface area contributed by atoms with E-state index in [0.29, 0.717) is 29.5 Å². The number of esters is 4. The van der Waals surface area contributed by atoms with Gasteiger partial charge in [0.1, 0.15) is 25.1 Å². The minimum Gasteiger partial charge on any atom is -0.462 e. The van der Waals surface area contributed by atoms with Crippen molar-refractivity contribution in [2.24, 2.45) is 46.3 Å². The molecule has 10 atom stereocenters. The standard InChI is InChI=1S/C65H112O12/c1-8-10-12-14-16-18-20-22-24-26-28-30-32-34-59(67)72-47-54(48-73-60(68)35-33-31-29-27-25-23-21-19-17-15-13-11-9-2)76-62(70)45-49(3)44-61(69)74-51(5)75-63(71)77-53-40-42-64(6)52(46-53)36-37-55-57-39-38-56(50(4)66)65(57,7)43-41-58(55)64/h49,51-58H,8-48H2,1-7H3/t49?,51?,52-,53-,55-,56+,57-,58-,64-,65+/m0/s1. The molecule has 0 aromatic rings. The molecule has 0 aromatic heterocycles. The minimum absolute atomic E-state index is 0.127. The number of ether oxygens (including phenoxy) is 6. The van der Waals surface area contributed by atoms with Crippen molar-refractivity contribution in [2.75, 3.05) is 13.2 Å². The van der Waals surface area contributed by atoms with Crippen LogP contribution in [-0.4, -0.2) is 67.5 Å². The Bertz CT molecular complexity index is 1670. The van der Waals surface area contributed by atoms with E-state index in [2.05, 4.69) is 27.7 Å². The number of hydrogen-bond acceptors (Lipinski definition) is 12. The van der Waals surface area contributed by atoms with Gasteiger partial charge in [0.05, 0.1) is 0 Å². The van der Waals surface area contributed by atoms with Gasteiger partial charge in [-0.1, -0.05) is 189 Å². The van der Waals surface area contributed by atoms with E-state index in [1.165, 1.54) is 148 Å². The van der Waals surface area contributed by atoms with Crippen LogP contribution >= 0.6 is 0 Å². The van der Waals surface area contributed by atoms with E-state index >= 15 is 0 Å². The van der Waals surface area contributed by atoms with E-state index < -0.39 is 36.4 Å². The third kappa shape index (κ3) is 24.2. The first-order valence-corrected chi connectivity index (χ1v) is 32.2. The monoisotopic (exact) mass is 1080 g/mol. The van der Waals surface area contributed by atoms with Crippen LogP contribution in [0.4, 0.5) is 4.79 Å². The fourth-order valence-electron chi connectivity index (χ4n) is 14.6. The zero-order valence-corrected chi connectivity index (χ0v) is 50.1. The van der Waals surface area contributed by atoms with Crippen LogP contribution < -0.4 is 0 Å². The number of rotatable bonds is 41. The Morgan fingerprint density at radius 3 is 1.40 bits per heavy atom. The lowest BCUT2D eigenvalue weighted by Gasteiger charge is -2.61. The average molecular weight is 1090 g/mol. The van der Waals surface area contributed by atoms with Gasteiger partial charge in [-0.15, -0.1) is 0 Å². The molecule has 4 saturated carbocycles. The maximum atomic E-state index is 13.2. The number of unbranched alkanes of at least 4 members (excludes halogenated alkanes) is 24. The predicted molar refractivity (Wildman–Crippen MR) is 304 cm³/mol. The molecule has 444 valence electrons. The molecule has 4 fully saturated rings. The number of carbonyl (C=O) groups excluding carboxylic acids is 6. The van der Waals surface area contributed by atoms with E-state index in [1.54, 1.807) is 13.8 Å². The highest BCUT2D eigenvalue weighted by Crippen LogP contribution is 2.67. The van der Waals surface area contributed by atoms with Gasteiger partial charge in [-0.3, -0.25) is 24.0 Å². The second-order valence-electron chi connectivity index (χ2n) is 25.4. The summed E-state index contributed by atoms with van der Waals surface area (Å²) in [5.74, 6) is 0.395. The highest BCUT2D eigenvalue weighted by Gasteiger charge is 2.61. The molecule has 0 spiro atoms. The van der Waals surface area contributed by atoms with Crippen molar-refractivity contribution in [2.45, 2.75) is 317 Å². The molecule has 0 saturated heterocycles. The lowest BCUT2D eigenvalue weighted by Crippen LogP contribution is -2.54. The molecule has 12 heteroatoms. The van der Waals surface area contributed by atoms with Gasteiger partial charge in [0.25, 0.3) is 0 Å². The zero-order valence-electron chi connectivity index (χ0n) is 50.1. The summed E-state index contributed by atoms with van der Waals surface area (Å²) in [5, 5.41) is 0. The largest absolute Gasteiger partial charge is 0.511 e. The minimum atomic E-state index is -1.19. The Hall–Kier alpha value is -3.18. The first-order valence-electron chi connectivity index (χ1n) is 32.2. The van der Waals surface area contributed by atoms with E-state index in [0.717, 1.165) is 83.5 Å². The van der Waals surface area contributed by atoms with Gasteiger partial charge in [-0.2, -0.15) is 0 Å². The van der Waals surface area contributed by atoms with Gasteiger partial charge < -0.3 is 28.4 Å². The van der Waals surface area contributed by atoms with Crippen LogP contribution in [0.3, 0.4) is 0 Å². The van der Waals surface area contributed by atoms with Crippen LogP contribution in [0.1, 0.15) is 299 Å². The first kappa shape index (κ1) is 66.3. The molecule has 12 nitrogen and oxygen atoms in total. The molecule has 4 rings (SSSR count). The SMILES string of the molecule is CCCCCCCCCCCCCCCC(=O)OCC(COC(=O)CCCCCCCCCCCCCCC)OC(=O)CC(C)CC(=O)OC(C)OC(=O)O[C@H]1CC[C@@]2(C)[C@@H](CC[C@@H]3[C@@H]2CC[C@]2(C)[C@@H](C(C)=O)CC[C@@H]32)C1. The normalized spacial score (nSPS) is 25.4. The topological polar surface area (TPSA) is 158 Å². The van der Waals surface area contributed by atoms with Gasteiger partial charge in [0.15, 0.2) is 6.10 Å². The van der Waals surface area contributed by atoms with Crippen LogP contribution in [-0.2, 0) is 52.4 Å². The molecular formula is C65H112O12. The molecule has 0 amide bonds. The molecular weight excluding hydrogens is 973 g/mol. The van der Waals surface area contributed by atoms with Gasteiger partial charge in [-0.25, -0.2) is 4.79 Å². The smallest absolute Gasteiger partial charge is 0.462 e. The number of carbonyl (C=O) groups is 6. The summed E-state index contributed by atoms with van der Waals surface area (Å²) in [6.45, 7) is 13.8. The van der Waals surface area contributed by atoms with E-state index in [1.807, 2.05) is 0 Å². The molecule has 77 heavy (non-hydrogen) atoms. The summed E-state index contributed by atoms with van der Waals surface area (Å²) in [6, 6.07) is 0. The summed E-state index contributed by atoms with van der Waals surface area (Å²) >= 11 is 0. The summed E-state index contributed by atoms with van der Waals surface area (Å²) in [7, 11) is 0. The zero-order chi connectivity index (χ0) is 55.9. The molecule has 4 aliphatic carbocycles. The first-order chi connectivity index (χ1) is 37.1. The Morgan fingerprint density at radius 2 is 0.922 bits per heavy atom. The van der Waals surface area contributed by atoms with Crippen molar-refractivity contribution in [1.82, 2.24) is 0 Å². The van der Waals surface area contributed by atoms with E-state index in [9.17, 15) is 28.8 Å². The van der Waals surface area contributed by atoms with Gasteiger partial charge >= 0.3 is 30.0 Å². The fourth-order valence-corrected chi connectivity index (χ4v) is 14.6. The Morgan fingerprint density at radius 1 is 0.481 bits per heavy atom. The van der Waals surface area contributed by atoms with Crippen LogP contribution in [0, 0.1) is 46.3 Å².